The number of nitrogens with zero attached hydrogens (tertiary/aromatic N) is 3. The fraction of sp³-hybridized carbons (Fsp3) is 0.583. The van der Waals surface area contributed by atoms with Crippen molar-refractivity contribution in [3.63, 3.8) is 0 Å². The molecule has 0 saturated carbocycles. The molecule has 30 heavy (non-hydrogen) atoms. The molecule has 2 fully saturated rings. The van der Waals surface area contributed by atoms with E-state index in [0.717, 1.165) is 63.4 Å². The molecular weight excluding hydrogens is 378 g/mol. The van der Waals surface area contributed by atoms with Crippen LogP contribution in [0.5, 0.6) is 5.75 Å². The number of rotatable bonds is 6. The first-order valence-electron chi connectivity index (χ1n) is 11.1. The van der Waals surface area contributed by atoms with Crippen molar-refractivity contribution in [2.24, 2.45) is 11.8 Å². The minimum Gasteiger partial charge on any atom is -0.495 e. The van der Waals surface area contributed by atoms with Gasteiger partial charge in [0.2, 0.25) is 11.8 Å². The second-order valence-corrected chi connectivity index (χ2v) is 8.86. The monoisotopic (exact) mass is 411 g/mol. The molecule has 0 radical (unpaired) electrons. The fourth-order valence-corrected chi connectivity index (χ4v) is 5.10. The number of carbonyl (C=O) groups is 2. The zero-order valence-electron chi connectivity index (χ0n) is 18.4. The Labute approximate surface area is 179 Å². The topological polar surface area (TPSA) is 53.1 Å². The summed E-state index contributed by atoms with van der Waals surface area (Å²) in [6.07, 6.45) is 2.35. The lowest BCUT2D eigenvalue weighted by molar-refractivity contribution is -0.140. The Morgan fingerprint density at radius 3 is 2.10 bits per heavy atom. The van der Waals surface area contributed by atoms with E-state index in [0.29, 0.717) is 6.54 Å². The lowest BCUT2D eigenvalue weighted by Crippen LogP contribution is -2.47. The average molecular weight is 412 g/mol. The minimum atomic E-state index is -0.120. The first-order valence-corrected chi connectivity index (χ1v) is 11.1. The van der Waals surface area contributed by atoms with Crippen molar-refractivity contribution in [3.8, 4) is 5.75 Å². The van der Waals surface area contributed by atoms with Gasteiger partial charge in [-0.25, -0.2) is 0 Å². The maximum absolute atomic E-state index is 12.8. The maximum atomic E-state index is 12.8. The Morgan fingerprint density at radius 2 is 1.50 bits per heavy atom. The second kappa shape index (κ2) is 8.80. The van der Waals surface area contributed by atoms with E-state index in [4.69, 9.17) is 4.74 Å². The van der Waals surface area contributed by atoms with Crippen LogP contribution in [-0.4, -0.2) is 68.0 Å². The van der Waals surface area contributed by atoms with Gasteiger partial charge in [-0.3, -0.25) is 19.4 Å². The van der Waals surface area contributed by atoms with Crippen LogP contribution >= 0.6 is 0 Å². The largest absolute Gasteiger partial charge is 0.495 e. The van der Waals surface area contributed by atoms with Gasteiger partial charge in [0.25, 0.3) is 0 Å². The second-order valence-electron chi connectivity index (χ2n) is 8.86. The number of anilines is 1. The third kappa shape index (κ3) is 3.97. The molecule has 1 aromatic rings. The van der Waals surface area contributed by atoms with Crippen LogP contribution in [0.2, 0.25) is 0 Å². The Kier molecular flexibility index (Phi) is 6.14. The van der Waals surface area contributed by atoms with Gasteiger partial charge in [0.1, 0.15) is 5.75 Å². The van der Waals surface area contributed by atoms with E-state index in [-0.39, 0.29) is 23.7 Å². The summed E-state index contributed by atoms with van der Waals surface area (Å²) in [6, 6.07) is 8.15. The van der Waals surface area contributed by atoms with Gasteiger partial charge >= 0.3 is 0 Å². The number of amides is 2. The standard InChI is InChI=1S/C24H33N3O3/c1-17-15-19-20(16-18(17)2)24(29)27(23(19)28)10-6-9-25-11-13-26(14-12-25)21-7-4-5-8-22(21)30-3/h4-5,7-8,19-20H,6,9-16H2,1-3H3. The van der Waals surface area contributed by atoms with Crippen molar-refractivity contribution in [3.05, 3.63) is 35.4 Å². The van der Waals surface area contributed by atoms with E-state index in [1.54, 1.807) is 12.0 Å². The van der Waals surface area contributed by atoms with Gasteiger partial charge in [0.05, 0.1) is 24.6 Å². The number of allylic oxidation sites excluding steroid dienone is 2. The summed E-state index contributed by atoms with van der Waals surface area (Å²) in [7, 11) is 1.71. The molecular formula is C24H33N3O3. The zero-order valence-corrected chi connectivity index (χ0v) is 18.4. The van der Waals surface area contributed by atoms with E-state index >= 15 is 0 Å². The van der Waals surface area contributed by atoms with Crippen LogP contribution in [0.15, 0.2) is 35.4 Å². The third-order valence-electron chi connectivity index (χ3n) is 7.09. The van der Waals surface area contributed by atoms with Crippen molar-refractivity contribution in [1.82, 2.24) is 9.80 Å². The molecule has 2 heterocycles. The Balaban J connectivity index is 1.25. The van der Waals surface area contributed by atoms with Gasteiger partial charge in [-0.15, -0.1) is 0 Å². The molecule has 6 nitrogen and oxygen atoms in total. The van der Waals surface area contributed by atoms with Crippen molar-refractivity contribution in [2.75, 3.05) is 51.3 Å². The van der Waals surface area contributed by atoms with Crippen molar-refractivity contribution in [1.29, 1.82) is 0 Å². The number of hydrogen-bond donors (Lipinski definition) is 0. The normalized spacial score (nSPS) is 25.2. The van der Waals surface area contributed by atoms with E-state index in [1.165, 1.54) is 11.1 Å². The lowest BCUT2D eigenvalue weighted by atomic mass is 9.78. The van der Waals surface area contributed by atoms with E-state index in [1.807, 2.05) is 18.2 Å². The smallest absolute Gasteiger partial charge is 0.233 e. The van der Waals surface area contributed by atoms with Gasteiger partial charge in [-0.2, -0.15) is 0 Å². The van der Waals surface area contributed by atoms with Crippen LogP contribution in [0.3, 0.4) is 0 Å². The van der Waals surface area contributed by atoms with E-state index in [2.05, 4.69) is 29.7 Å². The molecule has 2 saturated heterocycles. The molecule has 1 aromatic carbocycles. The highest BCUT2D eigenvalue weighted by atomic mass is 16.5. The number of hydrogen-bond acceptors (Lipinski definition) is 5. The van der Waals surface area contributed by atoms with Gasteiger partial charge < -0.3 is 9.64 Å². The Bertz CT molecular complexity index is 810. The molecule has 0 aromatic heterocycles. The molecule has 2 amide bonds. The highest BCUT2D eigenvalue weighted by molar-refractivity contribution is 6.05. The predicted octanol–water partition coefficient (Wildman–Crippen LogP) is 2.94. The van der Waals surface area contributed by atoms with E-state index in [9.17, 15) is 9.59 Å². The molecule has 162 valence electrons. The number of methoxy groups -OCH3 is 1. The summed E-state index contributed by atoms with van der Waals surface area (Å²) in [4.78, 5) is 31.9. The summed E-state index contributed by atoms with van der Waals surface area (Å²) in [5, 5.41) is 0. The minimum absolute atomic E-state index is 0.0536. The summed E-state index contributed by atoms with van der Waals surface area (Å²) >= 11 is 0. The number of benzene rings is 1. The summed E-state index contributed by atoms with van der Waals surface area (Å²) < 4.78 is 5.49. The van der Waals surface area contributed by atoms with Crippen LogP contribution in [0.1, 0.15) is 33.1 Å². The number of imide groups is 1. The molecule has 2 unspecified atom stereocenters. The first-order chi connectivity index (χ1) is 14.5. The Hall–Kier alpha value is -2.34. The highest BCUT2D eigenvalue weighted by Crippen LogP contribution is 2.40. The maximum Gasteiger partial charge on any atom is 0.233 e. The molecule has 2 atom stereocenters. The molecule has 2 aliphatic heterocycles. The molecule has 6 heteroatoms. The predicted molar refractivity (Wildman–Crippen MR) is 118 cm³/mol. The third-order valence-corrected chi connectivity index (χ3v) is 7.09. The average Bonchev–Trinajstić information content (AvgIpc) is 2.99. The quantitative estimate of drug-likeness (QED) is 0.532. The van der Waals surface area contributed by atoms with Gasteiger partial charge in [-0.05, 0) is 51.8 Å². The molecule has 1 aliphatic carbocycles. The van der Waals surface area contributed by atoms with Crippen LogP contribution in [-0.2, 0) is 9.59 Å². The van der Waals surface area contributed by atoms with Gasteiger partial charge in [0, 0.05) is 32.7 Å². The van der Waals surface area contributed by atoms with Crippen LogP contribution < -0.4 is 9.64 Å². The fourth-order valence-electron chi connectivity index (χ4n) is 5.10. The summed E-state index contributed by atoms with van der Waals surface area (Å²) in [5.74, 6) is 0.783. The lowest BCUT2D eigenvalue weighted by Gasteiger charge is -2.36. The van der Waals surface area contributed by atoms with Gasteiger partial charge in [-0.1, -0.05) is 23.3 Å². The van der Waals surface area contributed by atoms with Crippen molar-refractivity contribution < 1.29 is 14.3 Å². The SMILES string of the molecule is COc1ccccc1N1CCN(CCCN2C(=O)C3CC(C)=C(C)CC3C2=O)CC1. The van der Waals surface area contributed by atoms with Crippen LogP contribution in [0.25, 0.3) is 0 Å². The van der Waals surface area contributed by atoms with Crippen molar-refractivity contribution >= 4 is 17.5 Å². The van der Waals surface area contributed by atoms with Crippen molar-refractivity contribution in [2.45, 2.75) is 33.1 Å². The number of carbonyl (C=O) groups excluding carboxylic acids is 2. The number of ether oxygens (including phenoxy) is 1. The number of para-hydroxylation sites is 2. The first kappa shape index (κ1) is 20.9. The summed E-state index contributed by atoms with van der Waals surface area (Å²) in [5.41, 5.74) is 3.72. The van der Waals surface area contributed by atoms with Crippen LogP contribution in [0, 0.1) is 11.8 Å². The number of piperazine rings is 1. The molecule has 0 bridgehead atoms. The van der Waals surface area contributed by atoms with Gasteiger partial charge in [0.15, 0.2) is 0 Å². The van der Waals surface area contributed by atoms with E-state index < -0.39 is 0 Å². The number of fused-ring (bicyclic) bond motifs is 1. The summed E-state index contributed by atoms with van der Waals surface area (Å²) in [6.45, 7) is 9.53. The molecule has 3 aliphatic rings. The number of likely N-dealkylation sites (tertiary alicyclic amines) is 1. The molecule has 0 spiro atoms. The zero-order chi connectivity index (χ0) is 21.3. The van der Waals surface area contributed by atoms with Crippen LogP contribution in [0.4, 0.5) is 5.69 Å². The highest BCUT2D eigenvalue weighted by Gasteiger charge is 2.48. The molecule has 0 N–H and O–H groups in total. The Morgan fingerprint density at radius 1 is 0.900 bits per heavy atom. The molecule has 4 rings (SSSR count).